The molecule has 0 rings (SSSR count). The number of hydrogen-bond donors (Lipinski definition) is 1. The molecule has 0 aromatic carbocycles. The molecule has 0 aromatic heterocycles. The molecule has 1 nitrogen and oxygen atoms in total. The zero-order valence-electron chi connectivity index (χ0n) is 9.81. The van der Waals surface area contributed by atoms with Gasteiger partial charge in [-0.15, -0.1) is 0 Å². The lowest BCUT2D eigenvalue weighted by molar-refractivity contribution is -0.368. The topological polar surface area (TPSA) is 27.6 Å². The van der Waals surface area contributed by atoms with Gasteiger partial charge in [0.25, 0.3) is 0 Å². The van der Waals surface area contributed by atoms with Gasteiger partial charge in [-0.2, -0.15) is 0 Å². The fourth-order valence-corrected chi connectivity index (χ4v) is 1.83. The SMILES string of the molecule is CCC(C)CC(CC)CCCC[NH3+]. The molecule has 80 valence electrons. The molecule has 0 bridgehead atoms. The summed E-state index contributed by atoms with van der Waals surface area (Å²) in [5.41, 5.74) is 3.89. The maximum absolute atomic E-state index is 3.89. The first-order valence-electron chi connectivity index (χ1n) is 6.03. The van der Waals surface area contributed by atoms with Gasteiger partial charge in [0.2, 0.25) is 0 Å². The van der Waals surface area contributed by atoms with E-state index in [-0.39, 0.29) is 0 Å². The van der Waals surface area contributed by atoms with Crippen molar-refractivity contribution in [1.82, 2.24) is 0 Å². The molecule has 0 aliphatic carbocycles. The van der Waals surface area contributed by atoms with Crippen molar-refractivity contribution in [2.45, 2.75) is 59.3 Å². The Labute approximate surface area is 84.1 Å². The highest BCUT2D eigenvalue weighted by Crippen LogP contribution is 2.22. The number of rotatable bonds is 8. The molecule has 0 aliphatic rings. The Morgan fingerprint density at radius 2 is 1.77 bits per heavy atom. The summed E-state index contributed by atoms with van der Waals surface area (Å²) >= 11 is 0. The average molecular weight is 186 g/mol. The fraction of sp³-hybridized carbons (Fsp3) is 1.00. The van der Waals surface area contributed by atoms with Crippen molar-refractivity contribution in [2.24, 2.45) is 11.8 Å². The van der Waals surface area contributed by atoms with Crippen LogP contribution in [0.5, 0.6) is 0 Å². The lowest BCUT2D eigenvalue weighted by atomic mass is 9.88. The van der Waals surface area contributed by atoms with Gasteiger partial charge in [-0.25, -0.2) is 0 Å². The van der Waals surface area contributed by atoms with Gasteiger partial charge < -0.3 is 5.73 Å². The summed E-state index contributed by atoms with van der Waals surface area (Å²) in [6.07, 6.45) is 8.27. The molecule has 0 saturated carbocycles. The van der Waals surface area contributed by atoms with E-state index in [1.807, 2.05) is 0 Å². The van der Waals surface area contributed by atoms with Crippen LogP contribution < -0.4 is 5.73 Å². The molecule has 0 aromatic rings. The molecule has 0 radical (unpaired) electrons. The van der Waals surface area contributed by atoms with Crippen molar-refractivity contribution in [1.29, 1.82) is 0 Å². The molecular formula is C12H28N+. The second-order valence-electron chi connectivity index (χ2n) is 4.37. The number of hydrogen-bond acceptors (Lipinski definition) is 0. The van der Waals surface area contributed by atoms with Crippen LogP contribution in [0.25, 0.3) is 0 Å². The quantitative estimate of drug-likeness (QED) is 0.565. The zero-order valence-corrected chi connectivity index (χ0v) is 9.81. The highest BCUT2D eigenvalue weighted by atomic mass is 14.5. The standard InChI is InChI=1S/C12H27N/c1-4-11(3)10-12(5-2)8-6-7-9-13/h11-12H,4-10,13H2,1-3H3/p+1. The van der Waals surface area contributed by atoms with Crippen molar-refractivity contribution in [3.8, 4) is 0 Å². The van der Waals surface area contributed by atoms with Crippen molar-refractivity contribution in [3.63, 3.8) is 0 Å². The number of unbranched alkanes of at least 4 members (excludes halogenated alkanes) is 1. The summed E-state index contributed by atoms with van der Waals surface area (Å²) in [4.78, 5) is 0. The minimum Gasteiger partial charge on any atom is -0.358 e. The molecule has 2 atom stereocenters. The Morgan fingerprint density at radius 3 is 2.23 bits per heavy atom. The first kappa shape index (κ1) is 13.0. The fourth-order valence-electron chi connectivity index (χ4n) is 1.83. The summed E-state index contributed by atoms with van der Waals surface area (Å²) < 4.78 is 0. The molecule has 0 saturated heterocycles. The Balaban J connectivity index is 3.50. The van der Waals surface area contributed by atoms with Crippen LogP contribution in [-0.2, 0) is 0 Å². The molecule has 0 aliphatic heterocycles. The predicted molar refractivity (Wildman–Crippen MR) is 59.5 cm³/mol. The Morgan fingerprint density at radius 1 is 1.08 bits per heavy atom. The van der Waals surface area contributed by atoms with Crippen molar-refractivity contribution in [3.05, 3.63) is 0 Å². The van der Waals surface area contributed by atoms with Crippen LogP contribution in [-0.4, -0.2) is 6.54 Å². The highest BCUT2D eigenvalue weighted by molar-refractivity contribution is 4.61. The van der Waals surface area contributed by atoms with Crippen LogP contribution in [0.4, 0.5) is 0 Å². The molecule has 0 heterocycles. The first-order valence-corrected chi connectivity index (χ1v) is 6.03. The molecule has 3 N–H and O–H groups in total. The van der Waals surface area contributed by atoms with Gasteiger partial charge in [-0.3, -0.25) is 0 Å². The van der Waals surface area contributed by atoms with E-state index in [0.717, 1.165) is 18.4 Å². The molecule has 0 fully saturated rings. The Kier molecular flexibility index (Phi) is 8.53. The molecular weight excluding hydrogens is 158 g/mol. The van der Waals surface area contributed by atoms with Crippen LogP contribution >= 0.6 is 0 Å². The molecule has 0 spiro atoms. The van der Waals surface area contributed by atoms with E-state index in [0.29, 0.717) is 0 Å². The summed E-state index contributed by atoms with van der Waals surface area (Å²) in [6, 6.07) is 0. The Hall–Kier alpha value is -0.0400. The van der Waals surface area contributed by atoms with E-state index in [1.165, 1.54) is 38.5 Å². The third kappa shape index (κ3) is 7.06. The maximum Gasteiger partial charge on any atom is 0.0739 e. The van der Waals surface area contributed by atoms with Crippen LogP contribution in [0.1, 0.15) is 59.3 Å². The maximum atomic E-state index is 3.89. The summed E-state index contributed by atoms with van der Waals surface area (Å²) in [6.45, 7) is 8.12. The molecule has 1 heteroatoms. The molecule has 2 unspecified atom stereocenters. The largest absolute Gasteiger partial charge is 0.358 e. The minimum absolute atomic E-state index is 0.921. The molecule has 13 heavy (non-hydrogen) atoms. The van der Waals surface area contributed by atoms with Crippen molar-refractivity contribution in [2.75, 3.05) is 6.54 Å². The van der Waals surface area contributed by atoms with E-state index < -0.39 is 0 Å². The minimum atomic E-state index is 0.921. The third-order valence-corrected chi connectivity index (χ3v) is 3.12. The van der Waals surface area contributed by atoms with E-state index >= 15 is 0 Å². The second kappa shape index (κ2) is 8.55. The monoisotopic (exact) mass is 186 g/mol. The summed E-state index contributed by atoms with van der Waals surface area (Å²) in [5, 5.41) is 0. The lowest BCUT2D eigenvalue weighted by Crippen LogP contribution is -2.50. The van der Waals surface area contributed by atoms with E-state index in [1.54, 1.807) is 0 Å². The third-order valence-electron chi connectivity index (χ3n) is 3.12. The van der Waals surface area contributed by atoms with Gasteiger partial charge in [0.05, 0.1) is 6.54 Å². The first-order chi connectivity index (χ1) is 6.24. The van der Waals surface area contributed by atoms with Crippen LogP contribution in [0.3, 0.4) is 0 Å². The summed E-state index contributed by atoms with van der Waals surface area (Å²) in [7, 11) is 0. The van der Waals surface area contributed by atoms with Gasteiger partial charge in [0.15, 0.2) is 0 Å². The van der Waals surface area contributed by atoms with Crippen LogP contribution in [0.2, 0.25) is 0 Å². The smallest absolute Gasteiger partial charge is 0.0739 e. The van der Waals surface area contributed by atoms with E-state index in [2.05, 4.69) is 26.5 Å². The normalized spacial score (nSPS) is 15.7. The van der Waals surface area contributed by atoms with Gasteiger partial charge in [0, 0.05) is 0 Å². The molecule has 0 amide bonds. The predicted octanol–water partition coefficient (Wildman–Crippen LogP) is 2.86. The average Bonchev–Trinajstić information content (AvgIpc) is 2.16. The van der Waals surface area contributed by atoms with E-state index in [4.69, 9.17) is 0 Å². The highest BCUT2D eigenvalue weighted by Gasteiger charge is 2.09. The van der Waals surface area contributed by atoms with Gasteiger partial charge in [-0.1, -0.05) is 40.0 Å². The summed E-state index contributed by atoms with van der Waals surface area (Å²) in [5.74, 6) is 1.89. The van der Waals surface area contributed by atoms with Crippen molar-refractivity contribution < 1.29 is 5.73 Å². The Bertz CT molecular complexity index is 101. The van der Waals surface area contributed by atoms with Crippen molar-refractivity contribution >= 4 is 0 Å². The van der Waals surface area contributed by atoms with Gasteiger partial charge in [0.1, 0.15) is 0 Å². The van der Waals surface area contributed by atoms with E-state index in [9.17, 15) is 0 Å². The van der Waals surface area contributed by atoms with Crippen LogP contribution in [0.15, 0.2) is 0 Å². The number of quaternary nitrogens is 1. The zero-order chi connectivity index (χ0) is 10.1. The van der Waals surface area contributed by atoms with Gasteiger partial charge in [-0.05, 0) is 31.1 Å². The van der Waals surface area contributed by atoms with Gasteiger partial charge >= 0.3 is 0 Å². The second-order valence-corrected chi connectivity index (χ2v) is 4.37. The van der Waals surface area contributed by atoms with Crippen LogP contribution in [0, 0.1) is 11.8 Å². The lowest BCUT2D eigenvalue weighted by Gasteiger charge is -2.18.